The van der Waals surface area contributed by atoms with Crippen molar-refractivity contribution in [3.05, 3.63) is 70.3 Å². The second-order valence-corrected chi connectivity index (χ2v) is 8.55. The average Bonchev–Trinajstić information content (AvgIpc) is 3.30. The fourth-order valence-electron chi connectivity index (χ4n) is 4.21. The standard InChI is InChI=1S/C23H29N3O.C2HF3O2/c1-2-17-5-8-19(9-6-17)21-4-3-11-26(16-21)23(27)25-13-18-7-10-20-14-24-15-22(20)12-18;3-2(4,5)1(6)7/h5-10,12,21,24H,2-4,11,13-16H2,1H3,(H,25,27);(H,6,7). The van der Waals surface area contributed by atoms with Gasteiger partial charge in [0.05, 0.1) is 0 Å². The van der Waals surface area contributed by atoms with Crippen molar-refractivity contribution in [2.45, 2.75) is 57.9 Å². The minimum Gasteiger partial charge on any atom is -0.475 e. The molecule has 2 heterocycles. The fraction of sp³-hybridized carbons (Fsp3) is 0.440. The van der Waals surface area contributed by atoms with Crippen molar-refractivity contribution < 1.29 is 27.9 Å². The lowest BCUT2D eigenvalue weighted by molar-refractivity contribution is -0.192. The van der Waals surface area contributed by atoms with Crippen molar-refractivity contribution >= 4 is 12.0 Å². The van der Waals surface area contributed by atoms with Crippen LogP contribution in [-0.4, -0.2) is 41.3 Å². The summed E-state index contributed by atoms with van der Waals surface area (Å²) in [5, 5.41) is 13.6. The molecule has 2 aromatic carbocycles. The monoisotopic (exact) mass is 477 g/mol. The van der Waals surface area contributed by atoms with E-state index < -0.39 is 12.1 Å². The number of rotatable bonds is 4. The van der Waals surface area contributed by atoms with Gasteiger partial charge in [0.15, 0.2) is 0 Å². The molecule has 4 rings (SSSR count). The molecule has 184 valence electrons. The zero-order valence-corrected chi connectivity index (χ0v) is 19.1. The Bertz CT molecular complexity index is 993. The minimum atomic E-state index is -5.08. The van der Waals surface area contributed by atoms with Crippen molar-refractivity contribution in [2.24, 2.45) is 0 Å². The number of halogens is 3. The van der Waals surface area contributed by atoms with E-state index in [1.54, 1.807) is 0 Å². The number of alkyl halides is 3. The van der Waals surface area contributed by atoms with Crippen LogP contribution in [-0.2, 0) is 30.8 Å². The SMILES string of the molecule is CCc1ccc(C2CCCN(C(=O)NCc3ccc4c(c3)CNC4)C2)cc1.O=C(O)C(F)(F)F. The first-order valence-electron chi connectivity index (χ1n) is 11.4. The predicted octanol–water partition coefficient (Wildman–Crippen LogP) is 4.57. The van der Waals surface area contributed by atoms with E-state index in [4.69, 9.17) is 9.90 Å². The van der Waals surface area contributed by atoms with Gasteiger partial charge in [0.2, 0.25) is 0 Å². The Morgan fingerprint density at radius 1 is 1.09 bits per heavy atom. The fourth-order valence-corrected chi connectivity index (χ4v) is 4.21. The number of amides is 2. The number of aliphatic carboxylic acids is 1. The summed E-state index contributed by atoms with van der Waals surface area (Å²) in [7, 11) is 0. The minimum absolute atomic E-state index is 0.0588. The maximum atomic E-state index is 12.7. The molecule has 0 spiro atoms. The molecule has 2 aromatic rings. The summed E-state index contributed by atoms with van der Waals surface area (Å²) in [4.78, 5) is 23.6. The molecule has 1 saturated heterocycles. The zero-order valence-electron chi connectivity index (χ0n) is 19.1. The van der Waals surface area contributed by atoms with E-state index in [-0.39, 0.29) is 6.03 Å². The van der Waals surface area contributed by atoms with Gasteiger partial charge in [0, 0.05) is 38.6 Å². The van der Waals surface area contributed by atoms with Crippen LogP contribution < -0.4 is 10.6 Å². The first-order chi connectivity index (χ1) is 16.2. The number of hydrogen-bond acceptors (Lipinski definition) is 3. The molecule has 34 heavy (non-hydrogen) atoms. The van der Waals surface area contributed by atoms with Gasteiger partial charge < -0.3 is 20.6 Å². The van der Waals surface area contributed by atoms with Crippen LogP contribution >= 0.6 is 0 Å². The lowest BCUT2D eigenvalue weighted by Crippen LogP contribution is -2.44. The van der Waals surface area contributed by atoms with Crippen LogP contribution in [0.1, 0.15) is 53.5 Å². The molecule has 0 bridgehead atoms. The highest BCUT2D eigenvalue weighted by Gasteiger charge is 2.38. The van der Waals surface area contributed by atoms with Crippen molar-refractivity contribution in [3.63, 3.8) is 0 Å². The van der Waals surface area contributed by atoms with E-state index in [9.17, 15) is 18.0 Å². The molecule has 1 unspecified atom stereocenters. The Morgan fingerprint density at radius 2 is 1.74 bits per heavy atom. The average molecular weight is 478 g/mol. The third kappa shape index (κ3) is 6.96. The third-order valence-corrected chi connectivity index (χ3v) is 6.16. The second-order valence-electron chi connectivity index (χ2n) is 8.55. The number of carbonyl (C=O) groups is 2. The zero-order chi connectivity index (χ0) is 24.7. The first kappa shape index (κ1) is 25.6. The Hall–Kier alpha value is -3.07. The number of carboxylic acids is 1. The van der Waals surface area contributed by atoms with Crippen LogP contribution in [0.4, 0.5) is 18.0 Å². The van der Waals surface area contributed by atoms with Crippen LogP contribution in [0.15, 0.2) is 42.5 Å². The highest BCUT2D eigenvalue weighted by Crippen LogP contribution is 2.27. The number of nitrogens with zero attached hydrogens (tertiary/aromatic N) is 1. The molecule has 3 N–H and O–H groups in total. The van der Waals surface area contributed by atoms with Crippen LogP contribution in [0.3, 0.4) is 0 Å². The van der Waals surface area contributed by atoms with Gasteiger partial charge in [-0.15, -0.1) is 0 Å². The van der Waals surface area contributed by atoms with Gasteiger partial charge in [-0.3, -0.25) is 0 Å². The number of carboxylic acid groups (broad SMARTS) is 1. The number of nitrogens with one attached hydrogen (secondary N) is 2. The predicted molar refractivity (Wildman–Crippen MR) is 122 cm³/mol. The topological polar surface area (TPSA) is 81.7 Å². The highest BCUT2D eigenvalue weighted by atomic mass is 19.4. The molecule has 0 aromatic heterocycles. The van der Waals surface area contributed by atoms with Crippen LogP contribution in [0.25, 0.3) is 0 Å². The van der Waals surface area contributed by atoms with Gasteiger partial charge in [-0.25, -0.2) is 9.59 Å². The number of likely N-dealkylation sites (tertiary alicyclic amines) is 1. The summed E-state index contributed by atoms with van der Waals surface area (Å²) in [5.74, 6) is -2.31. The van der Waals surface area contributed by atoms with Gasteiger partial charge in [-0.1, -0.05) is 49.4 Å². The lowest BCUT2D eigenvalue weighted by Gasteiger charge is -2.33. The van der Waals surface area contributed by atoms with E-state index >= 15 is 0 Å². The summed E-state index contributed by atoms with van der Waals surface area (Å²) in [6.45, 7) is 6.32. The number of benzene rings is 2. The van der Waals surface area contributed by atoms with E-state index in [0.717, 1.165) is 45.4 Å². The van der Waals surface area contributed by atoms with E-state index in [0.29, 0.717) is 12.5 Å². The number of piperidine rings is 1. The van der Waals surface area contributed by atoms with Gasteiger partial charge in [0.25, 0.3) is 0 Å². The summed E-state index contributed by atoms with van der Waals surface area (Å²) >= 11 is 0. The number of fused-ring (bicyclic) bond motifs is 1. The molecular formula is C25H30F3N3O3. The van der Waals surface area contributed by atoms with Crippen LogP contribution in [0.5, 0.6) is 0 Å². The molecule has 2 amide bonds. The molecule has 0 radical (unpaired) electrons. The van der Waals surface area contributed by atoms with Crippen molar-refractivity contribution in [1.29, 1.82) is 0 Å². The number of urea groups is 1. The Balaban J connectivity index is 0.000000406. The molecule has 0 saturated carbocycles. The number of carbonyl (C=O) groups excluding carboxylic acids is 1. The van der Waals surface area contributed by atoms with E-state index in [1.807, 2.05) is 4.90 Å². The molecule has 0 aliphatic carbocycles. The van der Waals surface area contributed by atoms with Gasteiger partial charge >= 0.3 is 18.2 Å². The van der Waals surface area contributed by atoms with Crippen molar-refractivity contribution in [3.8, 4) is 0 Å². The number of aryl methyl sites for hydroxylation is 1. The first-order valence-corrected chi connectivity index (χ1v) is 11.4. The van der Waals surface area contributed by atoms with Crippen LogP contribution in [0, 0.1) is 0 Å². The lowest BCUT2D eigenvalue weighted by atomic mass is 9.90. The third-order valence-electron chi connectivity index (χ3n) is 6.16. The maximum absolute atomic E-state index is 12.7. The Kier molecular flexibility index (Phi) is 8.55. The smallest absolute Gasteiger partial charge is 0.475 e. The Labute approximate surface area is 197 Å². The van der Waals surface area contributed by atoms with Crippen molar-refractivity contribution in [1.82, 2.24) is 15.5 Å². The van der Waals surface area contributed by atoms with Gasteiger partial charge in [0.1, 0.15) is 0 Å². The molecule has 6 nitrogen and oxygen atoms in total. The summed E-state index contributed by atoms with van der Waals surface area (Å²) in [6.07, 6.45) is -1.79. The quantitative estimate of drug-likeness (QED) is 0.603. The highest BCUT2D eigenvalue weighted by molar-refractivity contribution is 5.74. The number of hydrogen-bond donors (Lipinski definition) is 3. The van der Waals surface area contributed by atoms with E-state index in [2.05, 4.69) is 60.0 Å². The summed E-state index contributed by atoms with van der Waals surface area (Å²) in [5.41, 5.74) is 6.63. The summed E-state index contributed by atoms with van der Waals surface area (Å²) in [6, 6.07) is 15.5. The molecule has 1 atom stereocenters. The second kappa shape index (κ2) is 11.4. The maximum Gasteiger partial charge on any atom is 0.490 e. The molecule has 2 aliphatic heterocycles. The molecule has 9 heteroatoms. The van der Waals surface area contributed by atoms with Crippen LogP contribution in [0.2, 0.25) is 0 Å². The summed E-state index contributed by atoms with van der Waals surface area (Å²) < 4.78 is 31.7. The normalized spacial score (nSPS) is 17.4. The van der Waals surface area contributed by atoms with Gasteiger partial charge in [-0.2, -0.15) is 13.2 Å². The molecule has 2 aliphatic rings. The molecular weight excluding hydrogens is 447 g/mol. The van der Waals surface area contributed by atoms with E-state index in [1.165, 1.54) is 27.8 Å². The van der Waals surface area contributed by atoms with Gasteiger partial charge in [-0.05, 0) is 47.1 Å². The largest absolute Gasteiger partial charge is 0.490 e. The molecule has 1 fully saturated rings. The van der Waals surface area contributed by atoms with Crippen molar-refractivity contribution in [2.75, 3.05) is 13.1 Å². The Morgan fingerprint density at radius 3 is 2.38 bits per heavy atom.